The van der Waals surface area contributed by atoms with Crippen LogP contribution in [-0.4, -0.2) is 0 Å². The van der Waals surface area contributed by atoms with Gasteiger partial charge in [-0.3, -0.25) is 0 Å². The first kappa shape index (κ1) is 14.9. The first-order valence-corrected chi connectivity index (χ1v) is 8.15. The lowest BCUT2D eigenvalue weighted by molar-refractivity contribution is 1.45. The Bertz CT molecular complexity index is 601. The highest BCUT2D eigenvalue weighted by Crippen LogP contribution is 2.39. The van der Waals surface area contributed by atoms with E-state index >= 15 is 0 Å². The van der Waals surface area contributed by atoms with Crippen molar-refractivity contribution in [2.75, 3.05) is 0 Å². The van der Waals surface area contributed by atoms with Crippen LogP contribution < -0.4 is 0 Å². The molecule has 94 valence electrons. The third-order valence-electron chi connectivity index (χ3n) is 2.62. The van der Waals surface area contributed by atoms with E-state index in [4.69, 9.17) is 23.2 Å². The van der Waals surface area contributed by atoms with Crippen LogP contribution in [0.2, 0.25) is 10.0 Å². The van der Waals surface area contributed by atoms with Gasteiger partial charge in [0.15, 0.2) is 0 Å². The van der Waals surface area contributed by atoms with E-state index in [0.29, 0.717) is 10.0 Å². The Kier molecular flexibility index (Phi) is 4.82. The second-order valence-electron chi connectivity index (χ2n) is 3.79. The van der Waals surface area contributed by atoms with Crippen LogP contribution in [0.1, 0.15) is 5.56 Å². The van der Waals surface area contributed by atoms with Crippen molar-refractivity contribution in [2.45, 2.75) is 6.92 Å². The van der Waals surface area contributed by atoms with Gasteiger partial charge in [-0.25, -0.2) is 0 Å². The predicted octanol–water partition coefficient (Wildman–Crippen LogP) is 7.26. The third kappa shape index (κ3) is 2.80. The molecular weight excluding hydrogens is 467 g/mol. The summed E-state index contributed by atoms with van der Waals surface area (Å²) in [5.41, 5.74) is 2.89. The molecular formula is C13H7Br3Cl2. The molecule has 2 aromatic rings. The summed E-state index contributed by atoms with van der Waals surface area (Å²) in [6, 6.07) is 7.83. The molecule has 0 heterocycles. The maximum Gasteiger partial charge on any atom is 0.0528 e. The Labute approximate surface area is 141 Å². The van der Waals surface area contributed by atoms with Gasteiger partial charge in [-0.15, -0.1) is 0 Å². The number of rotatable bonds is 1. The minimum atomic E-state index is 0.680. The van der Waals surface area contributed by atoms with E-state index in [9.17, 15) is 0 Å². The summed E-state index contributed by atoms with van der Waals surface area (Å²) in [6.45, 7) is 1.91. The number of hydrogen-bond acceptors (Lipinski definition) is 0. The Morgan fingerprint density at radius 2 is 1.50 bits per heavy atom. The molecule has 0 radical (unpaired) electrons. The topological polar surface area (TPSA) is 0 Å². The lowest BCUT2D eigenvalue weighted by atomic mass is 10.0. The number of benzene rings is 2. The molecule has 2 rings (SSSR count). The van der Waals surface area contributed by atoms with Crippen molar-refractivity contribution < 1.29 is 0 Å². The van der Waals surface area contributed by atoms with Gasteiger partial charge in [0.25, 0.3) is 0 Å². The predicted molar refractivity (Wildman–Crippen MR) is 89.7 cm³/mol. The van der Waals surface area contributed by atoms with Crippen molar-refractivity contribution in [3.63, 3.8) is 0 Å². The van der Waals surface area contributed by atoms with Crippen molar-refractivity contribution in [1.29, 1.82) is 0 Å². The molecule has 0 bridgehead atoms. The summed E-state index contributed by atoms with van der Waals surface area (Å²) in [5.74, 6) is 0. The summed E-state index contributed by atoms with van der Waals surface area (Å²) in [5, 5.41) is 1.36. The van der Waals surface area contributed by atoms with Gasteiger partial charge in [0.05, 0.1) is 5.02 Å². The van der Waals surface area contributed by atoms with Gasteiger partial charge >= 0.3 is 0 Å². The zero-order chi connectivity index (χ0) is 13.4. The second kappa shape index (κ2) is 5.84. The lowest BCUT2D eigenvalue weighted by Gasteiger charge is -2.11. The van der Waals surface area contributed by atoms with E-state index in [1.54, 1.807) is 0 Å². The molecule has 0 aliphatic heterocycles. The average Bonchev–Trinajstić information content (AvgIpc) is 2.33. The van der Waals surface area contributed by atoms with Crippen molar-refractivity contribution in [3.05, 3.63) is 53.3 Å². The fourth-order valence-electron chi connectivity index (χ4n) is 1.60. The van der Waals surface area contributed by atoms with Crippen LogP contribution in [0.25, 0.3) is 11.1 Å². The molecule has 0 saturated carbocycles. The van der Waals surface area contributed by atoms with E-state index in [1.165, 1.54) is 0 Å². The Hall–Kier alpha value is 0.460. The van der Waals surface area contributed by atoms with Gasteiger partial charge < -0.3 is 0 Å². The van der Waals surface area contributed by atoms with Gasteiger partial charge in [0.2, 0.25) is 0 Å². The normalized spacial score (nSPS) is 10.8. The fraction of sp³-hybridized carbons (Fsp3) is 0.0769. The molecule has 0 amide bonds. The van der Waals surface area contributed by atoms with E-state index in [-0.39, 0.29) is 0 Å². The third-order valence-corrected chi connectivity index (χ3v) is 6.68. The summed E-state index contributed by atoms with van der Waals surface area (Å²) in [7, 11) is 0. The summed E-state index contributed by atoms with van der Waals surface area (Å²) < 4.78 is 2.92. The van der Waals surface area contributed by atoms with Crippen molar-refractivity contribution in [1.82, 2.24) is 0 Å². The SMILES string of the molecule is Cc1c(Cl)ccc(-c2cc(Br)c(Br)c(Br)c2)c1Cl. The highest BCUT2D eigenvalue weighted by molar-refractivity contribution is 9.14. The molecule has 0 aromatic heterocycles. The summed E-state index contributed by atoms with van der Waals surface area (Å²) in [4.78, 5) is 0. The van der Waals surface area contributed by atoms with Gasteiger partial charge in [0.1, 0.15) is 0 Å². The average molecular weight is 474 g/mol. The molecule has 5 heteroatoms. The minimum absolute atomic E-state index is 0.680. The van der Waals surface area contributed by atoms with Gasteiger partial charge in [-0.1, -0.05) is 29.3 Å². The second-order valence-corrected chi connectivity index (χ2v) is 7.07. The van der Waals surface area contributed by atoms with Gasteiger partial charge in [-0.2, -0.15) is 0 Å². The molecule has 0 saturated heterocycles. The van der Waals surface area contributed by atoms with Crippen LogP contribution in [0, 0.1) is 6.92 Å². The van der Waals surface area contributed by atoms with Crippen molar-refractivity contribution in [3.8, 4) is 11.1 Å². The molecule has 2 aromatic carbocycles. The van der Waals surface area contributed by atoms with E-state index in [1.807, 2.05) is 31.2 Å². The molecule has 0 N–H and O–H groups in total. The van der Waals surface area contributed by atoms with Gasteiger partial charge in [0, 0.05) is 24.0 Å². The largest absolute Gasteiger partial charge is 0.0840 e. The Morgan fingerprint density at radius 1 is 0.944 bits per heavy atom. The highest BCUT2D eigenvalue weighted by atomic mass is 79.9. The maximum atomic E-state index is 6.35. The van der Waals surface area contributed by atoms with E-state index in [0.717, 1.165) is 30.1 Å². The van der Waals surface area contributed by atoms with Crippen molar-refractivity contribution in [2.24, 2.45) is 0 Å². The van der Waals surface area contributed by atoms with Crippen LogP contribution in [0.4, 0.5) is 0 Å². The molecule has 18 heavy (non-hydrogen) atoms. The van der Waals surface area contributed by atoms with Crippen LogP contribution in [0.5, 0.6) is 0 Å². The molecule has 0 aliphatic carbocycles. The molecule has 0 aliphatic rings. The van der Waals surface area contributed by atoms with E-state index in [2.05, 4.69) is 47.8 Å². The Balaban J connectivity index is 2.67. The molecule has 0 unspecified atom stereocenters. The monoisotopic (exact) mass is 470 g/mol. The maximum absolute atomic E-state index is 6.35. The van der Waals surface area contributed by atoms with Crippen LogP contribution >= 0.6 is 71.0 Å². The molecule has 0 nitrogen and oxygen atoms in total. The number of hydrogen-bond donors (Lipinski definition) is 0. The molecule has 0 spiro atoms. The first-order valence-electron chi connectivity index (χ1n) is 5.01. The zero-order valence-corrected chi connectivity index (χ0v) is 15.5. The first-order chi connectivity index (χ1) is 8.41. The van der Waals surface area contributed by atoms with Crippen LogP contribution in [-0.2, 0) is 0 Å². The van der Waals surface area contributed by atoms with E-state index < -0.39 is 0 Å². The molecule has 0 fully saturated rings. The lowest BCUT2D eigenvalue weighted by Crippen LogP contribution is -1.86. The highest BCUT2D eigenvalue weighted by Gasteiger charge is 2.12. The standard InChI is InChI=1S/C13H7Br3Cl2/c1-6-11(17)3-2-8(13(6)18)7-4-9(14)12(16)10(15)5-7/h2-5H,1H3. The molecule has 0 atom stereocenters. The summed E-state index contributed by atoms with van der Waals surface area (Å²) >= 11 is 22.9. The Morgan fingerprint density at radius 3 is 2.06 bits per heavy atom. The zero-order valence-electron chi connectivity index (χ0n) is 9.20. The minimum Gasteiger partial charge on any atom is -0.0840 e. The van der Waals surface area contributed by atoms with Crippen molar-refractivity contribution >= 4 is 71.0 Å². The van der Waals surface area contributed by atoms with Gasteiger partial charge in [-0.05, 0) is 84.0 Å². The van der Waals surface area contributed by atoms with Crippen LogP contribution in [0.3, 0.4) is 0 Å². The van der Waals surface area contributed by atoms with Crippen LogP contribution in [0.15, 0.2) is 37.7 Å². The fourth-order valence-corrected chi connectivity index (χ4v) is 3.49. The quantitative estimate of drug-likeness (QED) is 0.382. The smallest absolute Gasteiger partial charge is 0.0528 e. The summed E-state index contributed by atoms with van der Waals surface area (Å²) in [6.07, 6.45) is 0. The number of halogens is 5.